The minimum atomic E-state index is -4.94. The van der Waals surface area contributed by atoms with Crippen LogP contribution in [0, 0.1) is 23.7 Å². The van der Waals surface area contributed by atoms with Crippen molar-refractivity contribution in [3.8, 4) is 0 Å². The molecular formula is C19H17F3O3. The average Bonchev–Trinajstić information content (AvgIpc) is 3.32. The molecule has 132 valence electrons. The first kappa shape index (κ1) is 16.4. The molecule has 25 heavy (non-hydrogen) atoms. The van der Waals surface area contributed by atoms with E-state index in [0.29, 0.717) is 0 Å². The summed E-state index contributed by atoms with van der Waals surface area (Å²) in [6.45, 7) is 0. The summed E-state index contributed by atoms with van der Waals surface area (Å²) in [4.78, 5) is 12.7. The van der Waals surface area contributed by atoms with E-state index in [-0.39, 0.29) is 29.2 Å². The molecule has 0 N–H and O–H groups in total. The first-order chi connectivity index (χ1) is 11.9. The van der Waals surface area contributed by atoms with Gasteiger partial charge in [-0.2, -0.15) is 13.2 Å². The molecule has 0 spiro atoms. The van der Waals surface area contributed by atoms with Crippen LogP contribution in [-0.4, -0.2) is 25.4 Å². The van der Waals surface area contributed by atoms with Crippen molar-refractivity contribution in [1.29, 1.82) is 0 Å². The number of carbonyl (C=O) groups is 1. The molecule has 6 atom stereocenters. The highest BCUT2D eigenvalue weighted by molar-refractivity contribution is 5.83. The lowest BCUT2D eigenvalue weighted by Gasteiger charge is -2.35. The van der Waals surface area contributed by atoms with Gasteiger partial charge in [-0.25, -0.2) is 4.79 Å². The Morgan fingerprint density at radius 1 is 1.00 bits per heavy atom. The molecule has 1 aromatic carbocycles. The number of alkyl halides is 3. The van der Waals surface area contributed by atoms with E-state index < -0.39 is 23.9 Å². The number of halogens is 3. The van der Waals surface area contributed by atoms with Crippen LogP contribution in [0.25, 0.3) is 0 Å². The fraction of sp³-hybridized carbons (Fsp3) is 0.421. The van der Waals surface area contributed by atoms with E-state index in [0.717, 1.165) is 7.11 Å². The van der Waals surface area contributed by atoms with Crippen LogP contribution < -0.4 is 0 Å². The predicted octanol–water partition coefficient (Wildman–Crippen LogP) is 3.62. The molecule has 1 aromatic rings. The summed E-state index contributed by atoms with van der Waals surface area (Å²) in [5.74, 6) is -0.997. The van der Waals surface area contributed by atoms with Crippen LogP contribution in [-0.2, 0) is 19.9 Å². The number of allylic oxidation sites excluding steroid dienone is 2. The van der Waals surface area contributed by atoms with Crippen LogP contribution in [0.1, 0.15) is 5.56 Å². The molecule has 0 saturated heterocycles. The predicted molar refractivity (Wildman–Crippen MR) is 83.3 cm³/mol. The van der Waals surface area contributed by atoms with Crippen LogP contribution in [0.3, 0.4) is 0 Å². The molecule has 3 aliphatic carbocycles. The zero-order valence-electron chi connectivity index (χ0n) is 13.4. The van der Waals surface area contributed by atoms with Gasteiger partial charge in [0.25, 0.3) is 5.60 Å². The molecule has 1 saturated carbocycles. The first-order valence-corrected chi connectivity index (χ1v) is 8.15. The Balaban J connectivity index is 1.68. The van der Waals surface area contributed by atoms with E-state index >= 15 is 0 Å². The van der Waals surface area contributed by atoms with Gasteiger partial charge in [0.2, 0.25) is 0 Å². The van der Waals surface area contributed by atoms with Crippen molar-refractivity contribution >= 4 is 5.97 Å². The number of rotatable bonds is 4. The normalized spacial score (nSPS) is 34.3. The van der Waals surface area contributed by atoms with Gasteiger partial charge in [-0.05, 0) is 11.8 Å². The molecule has 2 bridgehead atoms. The van der Waals surface area contributed by atoms with Gasteiger partial charge in [0, 0.05) is 24.5 Å². The van der Waals surface area contributed by atoms with Crippen LogP contribution in [0.15, 0.2) is 54.6 Å². The fourth-order valence-corrected chi connectivity index (χ4v) is 4.14. The van der Waals surface area contributed by atoms with E-state index in [1.165, 1.54) is 24.3 Å². The van der Waals surface area contributed by atoms with Crippen LogP contribution in [0.2, 0.25) is 0 Å². The maximum atomic E-state index is 13.9. The van der Waals surface area contributed by atoms with E-state index in [4.69, 9.17) is 9.47 Å². The number of ether oxygens (including phenoxy) is 2. The summed E-state index contributed by atoms with van der Waals surface area (Å²) in [5, 5.41) is 0. The molecule has 3 aliphatic rings. The number of esters is 1. The molecule has 1 fully saturated rings. The third kappa shape index (κ3) is 2.27. The second-order valence-corrected chi connectivity index (χ2v) is 6.70. The van der Waals surface area contributed by atoms with Crippen molar-refractivity contribution in [3.63, 3.8) is 0 Å². The van der Waals surface area contributed by atoms with E-state index in [1.807, 2.05) is 12.2 Å². The number of carbonyl (C=O) groups excluding carboxylic acids is 1. The molecular weight excluding hydrogens is 333 g/mol. The smallest absolute Gasteiger partial charge is 0.432 e. The van der Waals surface area contributed by atoms with E-state index in [9.17, 15) is 18.0 Å². The van der Waals surface area contributed by atoms with Crippen molar-refractivity contribution in [1.82, 2.24) is 0 Å². The van der Waals surface area contributed by atoms with Crippen molar-refractivity contribution < 1.29 is 27.4 Å². The molecule has 0 amide bonds. The highest BCUT2D eigenvalue weighted by Crippen LogP contribution is 2.59. The summed E-state index contributed by atoms with van der Waals surface area (Å²) in [6.07, 6.45) is 2.44. The number of hydrogen-bond acceptors (Lipinski definition) is 3. The van der Waals surface area contributed by atoms with Crippen LogP contribution >= 0.6 is 0 Å². The molecule has 0 aromatic heterocycles. The third-order valence-electron chi connectivity index (χ3n) is 5.48. The highest BCUT2D eigenvalue weighted by Gasteiger charge is 2.66. The molecule has 6 heteroatoms. The van der Waals surface area contributed by atoms with Gasteiger partial charge in [-0.1, -0.05) is 54.6 Å². The maximum absolute atomic E-state index is 13.9. The zero-order chi connectivity index (χ0) is 17.8. The van der Waals surface area contributed by atoms with Gasteiger partial charge < -0.3 is 9.47 Å². The Morgan fingerprint density at radius 3 is 2.12 bits per heavy atom. The lowest BCUT2D eigenvalue weighted by Crippen LogP contribution is -2.53. The summed E-state index contributed by atoms with van der Waals surface area (Å²) < 4.78 is 51.9. The van der Waals surface area contributed by atoms with E-state index in [2.05, 4.69) is 12.2 Å². The molecule has 4 unspecified atom stereocenters. The van der Waals surface area contributed by atoms with Gasteiger partial charge in [0.1, 0.15) is 6.10 Å². The summed E-state index contributed by atoms with van der Waals surface area (Å²) in [5.41, 5.74) is -3.41. The van der Waals surface area contributed by atoms with Crippen molar-refractivity contribution in [2.45, 2.75) is 17.9 Å². The lowest BCUT2D eigenvalue weighted by molar-refractivity contribution is -0.279. The van der Waals surface area contributed by atoms with Gasteiger partial charge in [-0.3, -0.25) is 0 Å². The Hall–Kier alpha value is -2.08. The molecule has 0 radical (unpaired) electrons. The van der Waals surface area contributed by atoms with Gasteiger partial charge in [0.15, 0.2) is 0 Å². The standard InChI is InChI=1S/C19H17F3O3/c1-24-18(19(20,21)22,12-5-3-2-4-6-12)17(23)25-16-11-7-9-13-14(10-8-11)15(13)16/h2-11,13-16H,1H3/t11?,13-,14?,15?,16?,18+/m1/s1. The first-order valence-electron chi connectivity index (χ1n) is 8.15. The van der Waals surface area contributed by atoms with Gasteiger partial charge in [0.05, 0.1) is 0 Å². The second-order valence-electron chi connectivity index (χ2n) is 6.70. The van der Waals surface area contributed by atoms with Crippen molar-refractivity contribution in [2.24, 2.45) is 23.7 Å². The fourth-order valence-electron chi connectivity index (χ4n) is 4.14. The second kappa shape index (κ2) is 5.46. The van der Waals surface area contributed by atoms with Crippen LogP contribution in [0.5, 0.6) is 0 Å². The Bertz CT molecular complexity index is 720. The number of fused-ring (bicyclic) bond motifs is 2. The molecule has 4 rings (SSSR count). The van der Waals surface area contributed by atoms with Crippen molar-refractivity contribution in [2.75, 3.05) is 7.11 Å². The van der Waals surface area contributed by atoms with Gasteiger partial charge in [-0.15, -0.1) is 0 Å². The monoisotopic (exact) mass is 350 g/mol. The average molecular weight is 350 g/mol. The summed E-state index contributed by atoms with van der Waals surface area (Å²) in [6, 6.07) is 6.91. The Kier molecular flexibility index (Phi) is 3.58. The molecule has 3 nitrogen and oxygen atoms in total. The van der Waals surface area contributed by atoms with E-state index in [1.54, 1.807) is 6.07 Å². The SMILES string of the molecule is CO[C@](C(=O)OC1C2C=CC3C1[C@@H]3C=C2)(c1ccccc1)C(F)(F)F. The van der Waals surface area contributed by atoms with Gasteiger partial charge >= 0.3 is 12.1 Å². The topological polar surface area (TPSA) is 35.5 Å². The quantitative estimate of drug-likeness (QED) is 0.615. The Morgan fingerprint density at radius 2 is 1.60 bits per heavy atom. The number of benzene rings is 1. The summed E-state index contributed by atoms with van der Waals surface area (Å²) in [7, 11) is 0.883. The molecule has 0 aliphatic heterocycles. The lowest BCUT2D eigenvalue weighted by atomic mass is 9.88. The number of hydrogen-bond donors (Lipinski definition) is 0. The van der Waals surface area contributed by atoms with Crippen LogP contribution in [0.4, 0.5) is 13.2 Å². The summed E-state index contributed by atoms with van der Waals surface area (Å²) >= 11 is 0. The minimum absolute atomic E-state index is 0.0718. The largest absolute Gasteiger partial charge is 0.458 e. The maximum Gasteiger partial charge on any atom is 0.432 e. The third-order valence-corrected chi connectivity index (χ3v) is 5.48. The van der Waals surface area contributed by atoms with Crippen molar-refractivity contribution in [3.05, 3.63) is 60.2 Å². The minimum Gasteiger partial charge on any atom is -0.458 e. The number of methoxy groups -OCH3 is 1. The Labute approximate surface area is 143 Å². The molecule has 0 heterocycles. The highest BCUT2D eigenvalue weighted by atomic mass is 19.4. The zero-order valence-corrected chi connectivity index (χ0v) is 13.4.